The molecule has 1 aliphatic heterocycles. The van der Waals surface area contributed by atoms with Gasteiger partial charge in [0.15, 0.2) is 0 Å². The summed E-state index contributed by atoms with van der Waals surface area (Å²) in [5.41, 5.74) is 1.86. The minimum atomic E-state index is -0.574. The lowest BCUT2D eigenvalue weighted by Crippen LogP contribution is -2.31. The average molecular weight is 444 g/mol. The molecule has 27 heavy (non-hydrogen) atoms. The summed E-state index contributed by atoms with van der Waals surface area (Å²) < 4.78 is 0.876. The summed E-state index contributed by atoms with van der Waals surface area (Å²) in [5.74, 6) is -0.0742. The Hall–Kier alpha value is -2.17. The van der Waals surface area contributed by atoms with Crippen molar-refractivity contribution in [2.24, 2.45) is 5.92 Å². The van der Waals surface area contributed by atoms with Crippen molar-refractivity contribution in [1.82, 2.24) is 4.98 Å². The molecule has 5 nitrogen and oxygen atoms in total. The van der Waals surface area contributed by atoms with Crippen molar-refractivity contribution in [2.45, 2.75) is 37.0 Å². The van der Waals surface area contributed by atoms with Crippen LogP contribution in [0.3, 0.4) is 0 Å². The maximum absolute atomic E-state index is 12.8. The quantitative estimate of drug-likeness (QED) is 0.642. The van der Waals surface area contributed by atoms with Crippen LogP contribution in [-0.2, 0) is 16.0 Å². The van der Waals surface area contributed by atoms with E-state index >= 15 is 0 Å². The van der Waals surface area contributed by atoms with Crippen LogP contribution in [0.1, 0.15) is 31.5 Å². The van der Waals surface area contributed by atoms with Crippen molar-refractivity contribution in [2.75, 3.05) is 4.90 Å². The summed E-state index contributed by atoms with van der Waals surface area (Å²) in [4.78, 5) is 31.0. The van der Waals surface area contributed by atoms with E-state index in [2.05, 4.69) is 40.8 Å². The van der Waals surface area contributed by atoms with Crippen LogP contribution in [0, 0.1) is 17.2 Å². The Morgan fingerprint density at radius 1 is 1.26 bits per heavy atom. The molecule has 2 amide bonds. The van der Waals surface area contributed by atoms with Crippen molar-refractivity contribution >= 4 is 45.2 Å². The van der Waals surface area contributed by atoms with E-state index in [1.165, 1.54) is 16.7 Å². The van der Waals surface area contributed by atoms with E-state index < -0.39 is 5.25 Å². The third-order valence-electron chi connectivity index (χ3n) is 4.10. The number of hydrogen-bond acceptors (Lipinski definition) is 5. The number of hydrogen-bond donors (Lipinski definition) is 0. The second-order valence-corrected chi connectivity index (χ2v) is 8.83. The Balaban J connectivity index is 1.84. The second kappa shape index (κ2) is 8.24. The van der Waals surface area contributed by atoms with Crippen LogP contribution in [0.5, 0.6) is 0 Å². The Labute approximate surface area is 170 Å². The number of amides is 2. The van der Waals surface area contributed by atoms with Gasteiger partial charge in [-0.1, -0.05) is 41.5 Å². The first kappa shape index (κ1) is 19.6. The Morgan fingerprint density at radius 2 is 1.96 bits per heavy atom. The summed E-state index contributed by atoms with van der Waals surface area (Å²) in [6, 6.07) is 12.8. The van der Waals surface area contributed by atoms with Crippen molar-refractivity contribution < 1.29 is 9.59 Å². The molecule has 0 aliphatic carbocycles. The molecule has 0 radical (unpaired) electrons. The van der Waals surface area contributed by atoms with Gasteiger partial charge in [-0.05, 0) is 48.7 Å². The Bertz CT molecular complexity index is 922. The van der Waals surface area contributed by atoms with Gasteiger partial charge in [0.25, 0.3) is 0 Å². The molecule has 1 aromatic heterocycles. The van der Waals surface area contributed by atoms with E-state index in [1.54, 1.807) is 30.3 Å². The molecule has 1 saturated heterocycles. The highest BCUT2D eigenvalue weighted by Crippen LogP contribution is 2.35. The number of carbonyl (C=O) groups excluding carboxylic acids is 2. The molecule has 1 aliphatic rings. The predicted molar refractivity (Wildman–Crippen MR) is 108 cm³/mol. The summed E-state index contributed by atoms with van der Waals surface area (Å²) >= 11 is 4.55. The highest BCUT2D eigenvalue weighted by Gasteiger charge is 2.40. The van der Waals surface area contributed by atoms with Crippen LogP contribution in [0.15, 0.2) is 45.9 Å². The van der Waals surface area contributed by atoms with Crippen LogP contribution in [0.4, 0.5) is 5.69 Å². The molecule has 1 fully saturated rings. The molecule has 0 bridgehead atoms. The van der Waals surface area contributed by atoms with Crippen molar-refractivity contribution in [3.05, 3.63) is 52.1 Å². The topological polar surface area (TPSA) is 74.1 Å². The van der Waals surface area contributed by atoms with Crippen molar-refractivity contribution in [3.8, 4) is 6.07 Å². The van der Waals surface area contributed by atoms with Crippen LogP contribution < -0.4 is 4.90 Å². The molecule has 0 unspecified atom stereocenters. The van der Waals surface area contributed by atoms with Gasteiger partial charge in [0.2, 0.25) is 11.8 Å². The monoisotopic (exact) mass is 443 g/mol. The van der Waals surface area contributed by atoms with Gasteiger partial charge in [0.05, 0.1) is 16.5 Å². The number of rotatable bonds is 5. The minimum Gasteiger partial charge on any atom is -0.274 e. The van der Waals surface area contributed by atoms with Crippen LogP contribution in [0.2, 0.25) is 0 Å². The summed E-state index contributed by atoms with van der Waals surface area (Å²) in [6.45, 7) is 4.20. The van der Waals surface area contributed by atoms with E-state index in [-0.39, 0.29) is 18.2 Å². The van der Waals surface area contributed by atoms with Gasteiger partial charge >= 0.3 is 0 Å². The number of carbonyl (C=O) groups is 2. The Morgan fingerprint density at radius 3 is 2.59 bits per heavy atom. The molecule has 3 rings (SSSR count). The van der Waals surface area contributed by atoms with E-state index in [0.29, 0.717) is 22.2 Å². The molecular weight excluding hydrogens is 426 g/mol. The van der Waals surface area contributed by atoms with E-state index in [0.717, 1.165) is 16.6 Å². The fourth-order valence-electron chi connectivity index (χ4n) is 2.88. The van der Waals surface area contributed by atoms with Gasteiger partial charge in [-0.15, -0.1) is 0 Å². The molecule has 0 N–H and O–H groups in total. The number of thioether (sulfide) groups is 1. The highest BCUT2D eigenvalue weighted by atomic mass is 79.9. The number of nitriles is 1. The number of pyridine rings is 1. The number of aromatic nitrogens is 1. The first-order chi connectivity index (χ1) is 12.9. The van der Waals surface area contributed by atoms with Gasteiger partial charge in [0, 0.05) is 16.6 Å². The molecular formula is C20H18BrN3O2S. The van der Waals surface area contributed by atoms with Gasteiger partial charge < -0.3 is 0 Å². The molecule has 2 aromatic rings. The lowest BCUT2D eigenvalue weighted by Gasteiger charge is -2.15. The normalized spacial score (nSPS) is 16.9. The van der Waals surface area contributed by atoms with E-state index in [1.807, 2.05) is 6.07 Å². The van der Waals surface area contributed by atoms with E-state index in [4.69, 9.17) is 0 Å². The van der Waals surface area contributed by atoms with Gasteiger partial charge in [-0.3, -0.25) is 9.59 Å². The maximum Gasteiger partial charge on any atom is 0.247 e. The lowest BCUT2D eigenvalue weighted by molar-refractivity contribution is -0.121. The molecule has 7 heteroatoms. The lowest BCUT2D eigenvalue weighted by atomic mass is 10.1. The van der Waals surface area contributed by atoms with Crippen LogP contribution >= 0.6 is 27.7 Å². The first-order valence-electron chi connectivity index (χ1n) is 8.58. The SMILES string of the molecule is CC(C)Cc1ccc(C#N)c(S[C@H]2CC(=O)N(c3ccc(Br)cc3)C2=O)n1. The zero-order chi connectivity index (χ0) is 19.6. The number of halogens is 1. The van der Waals surface area contributed by atoms with Crippen LogP contribution in [0.25, 0.3) is 0 Å². The summed E-state index contributed by atoms with van der Waals surface area (Å²) in [6.07, 6.45) is 0.891. The standard InChI is InChI=1S/C20H18BrN3O2S/c1-12(2)9-15-6-3-13(11-22)19(23-15)27-17-10-18(25)24(20(17)26)16-7-4-14(21)5-8-16/h3-8,12,17H,9-10H2,1-2H3/t17-/m0/s1. The van der Waals surface area contributed by atoms with Crippen molar-refractivity contribution in [3.63, 3.8) is 0 Å². The Kier molecular flexibility index (Phi) is 5.98. The zero-order valence-corrected chi connectivity index (χ0v) is 17.4. The maximum atomic E-state index is 12.8. The summed E-state index contributed by atoms with van der Waals surface area (Å²) in [5, 5.41) is 9.31. The molecule has 138 valence electrons. The van der Waals surface area contributed by atoms with E-state index in [9.17, 15) is 14.9 Å². The molecule has 1 atom stereocenters. The number of benzene rings is 1. The van der Waals surface area contributed by atoms with Crippen LogP contribution in [-0.4, -0.2) is 22.0 Å². The number of nitrogens with zero attached hydrogens (tertiary/aromatic N) is 3. The molecule has 1 aromatic carbocycles. The second-order valence-electron chi connectivity index (χ2n) is 6.72. The minimum absolute atomic E-state index is 0.0977. The number of anilines is 1. The first-order valence-corrected chi connectivity index (χ1v) is 10.3. The predicted octanol–water partition coefficient (Wildman–Crippen LogP) is 4.34. The third-order valence-corrected chi connectivity index (χ3v) is 5.82. The van der Waals surface area contributed by atoms with Gasteiger partial charge in [0.1, 0.15) is 11.1 Å². The zero-order valence-electron chi connectivity index (χ0n) is 15.0. The fraction of sp³-hybridized carbons (Fsp3) is 0.300. The fourth-order valence-corrected chi connectivity index (χ4v) is 4.25. The average Bonchev–Trinajstić information content (AvgIpc) is 2.89. The molecule has 0 saturated carbocycles. The number of imide groups is 1. The van der Waals surface area contributed by atoms with Gasteiger partial charge in [-0.25, -0.2) is 9.88 Å². The molecule has 2 heterocycles. The molecule has 0 spiro atoms. The van der Waals surface area contributed by atoms with Crippen molar-refractivity contribution in [1.29, 1.82) is 5.26 Å². The smallest absolute Gasteiger partial charge is 0.247 e. The third kappa shape index (κ3) is 4.40. The summed E-state index contributed by atoms with van der Waals surface area (Å²) in [7, 11) is 0. The largest absolute Gasteiger partial charge is 0.274 e. The van der Waals surface area contributed by atoms with Gasteiger partial charge in [-0.2, -0.15) is 5.26 Å². The highest BCUT2D eigenvalue weighted by molar-refractivity contribution is 9.10.